The number of carbonyl (C=O) groups excluding carboxylic acids is 1. The summed E-state index contributed by atoms with van der Waals surface area (Å²) in [4.78, 5) is 29.2. The minimum Gasteiger partial charge on any atom is -0.365 e. The summed E-state index contributed by atoms with van der Waals surface area (Å²) in [6, 6.07) is 8.73. The highest BCUT2D eigenvalue weighted by Gasteiger charge is 2.29. The van der Waals surface area contributed by atoms with Gasteiger partial charge in [0, 0.05) is 30.9 Å². The van der Waals surface area contributed by atoms with Gasteiger partial charge in [-0.1, -0.05) is 6.07 Å². The van der Waals surface area contributed by atoms with Crippen molar-refractivity contribution in [2.45, 2.75) is 19.8 Å². The number of nitrogens with zero attached hydrogens (tertiary/aromatic N) is 3. The van der Waals surface area contributed by atoms with E-state index in [1.807, 2.05) is 13.0 Å². The third-order valence-corrected chi connectivity index (χ3v) is 4.41. The standard InChI is InChI=1S/C18H19FN4O3/c1-12-4-2-6-17(20-12)21-18(24)13-5-3-9-22(11-13)16-10-14(19)7-8-15(16)23(25)26/h2,4,6-8,10,13H,3,5,9,11H2,1H3,(H,20,21,24). The van der Waals surface area contributed by atoms with Crippen LogP contribution in [0.5, 0.6) is 0 Å². The van der Waals surface area contributed by atoms with Crippen LogP contribution < -0.4 is 10.2 Å². The zero-order chi connectivity index (χ0) is 18.7. The lowest BCUT2D eigenvalue weighted by molar-refractivity contribution is -0.384. The molecule has 1 aromatic carbocycles. The Bertz CT molecular complexity index is 843. The van der Waals surface area contributed by atoms with Gasteiger partial charge in [-0.15, -0.1) is 0 Å². The van der Waals surface area contributed by atoms with E-state index in [1.54, 1.807) is 17.0 Å². The zero-order valence-electron chi connectivity index (χ0n) is 14.3. The number of hydrogen-bond donors (Lipinski definition) is 1. The van der Waals surface area contributed by atoms with Crippen molar-refractivity contribution in [2.24, 2.45) is 5.92 Å². The molecule has 0 bridgehead atoms. The number of rotatable bonds is 4. The number of aryl methyl sites for hydroxylation is 1. The number of nitro benzene ring substituents is 1. The van der Waals surface area contributed by atoms with Crippen LogP contribution in [0.1, 0.15) is 18.5 Å². The summed E-state index contributed by atoms with van der Waals surface area (Å²) in [6.07, 6.45) is 1.35. The van der Waals surface area contributed by atoms with Gasteiger partial charge in [0.1, 0.15) is 17.3 Å². The number of hydrogen-bond acceptors (Lipinski definition) is 5. The summed E-state index contributed by atoms with van der Waals surface area (Å²) in [6.45, 7) is 2.67. The molecule has 2 heterocycles. The molecule has 1 fully saturated rings. The molecule has 0 spiro atoms. The molecule has 8 heteroatoms. The second-order valence-electron chi connectivity index (χ2n) is 6.33. The molecule has 3 rings (SSSR count). The Labute approximate surface area is 150 Å². The van der Waals surface area contributed by atoms with Crippen molar-refractivity contribution in [2.75, 3.05) is 23.3 Å². The molecule has 1 aliphatic rings. The normalized spacial score (nSPS) is 17.0. The molecule has 0 aliphatic carbocycles. The average molecular weight is 358 g/mol. The topological polar surface area (TPSA) is 88.4 Å². The van der Waals surface area contributed by atoms with Gasteiger partial charge in [-0.3, -0.25) is 14.9 Å². The molecule has 0 radical (unpaired) electrons. The Balaban J connectivity index is 1.76. The highest BCUT2D eigenvalue weighted by Crippen LogP contribution is 2.32. The molecule has 1 aromatic heterocycles. The molecule has 26 heavy (non-hydrogen) atoms. The second-order valence-corrected chi connectivity index (χ2v) is 6.33. The third-order valence-electron chi connectivity index (χ3n) is 4.41. The lowest BCUT2D eigenvalue weighted by Crippen LogP contribution is -2.41. The Hall–Kier alpha value is -3.03. The Morgan fingerprint density at radius 3 is 2.92 bits per heavy atom. The predicted octanol–water partition coefficient (Wildman–Crippen LogP) is 3.29. The SMILES string of the molecule is Cc1cccc(NC(=O)C2CCCN(c3cc(F)ccc3[N+](=O)[O-])C2)n1. The zero-order valence-corrected chi connectivity index (χ0v) is 14.3. The number of anilines is 2. The maximum absolute atomic E-state index is 13.6. The fourth-order valence-corrected chi connectivity index (χ4v) is 3.16. The van der Waals surface area contributed by atoms with E-state index in [2.05, 4.69) is 10.3 Å². The maximum atomic E-state index is 13.6. The molecule has 1 saturated heterocycles. The van der Waals surface area contributed by atoms with Crippen molar-refractivity contribution >= 4 is 23.1 Å². The fraction of sp³-hybridized carbons (Fsp3) is 0.333. The Morgan fingerprint density at radius 1 is 1.38 bits per heavy atom. The van der Waals surface area contributed by atoms with Crippen molar-refractivity contribution in [1.82, 2.24) is 4.98 Å². The summed E-state index contributed by atoms with van der Waals surface area (Å²) >= 11 is 0. The minimum atomic E-state index is -0.541. The third kappa shape index (κ3) is 3.96. The molecule has 1 amide bonds. The molecule has 2 aromatic rings. The smallest absolute Gasteiger partial charge is 0.292 e. The molecule has 1 unspecified atom stereocenters. The van der Waals surface area contributed by atoms with Gasteiger partial charge in [0.05, 0.1) is 10.8 Å². The van der Waals surface area contributed by atoms with Crippen LogP contribution in [0, 0.1) is 28.8 Å². The quantitative estimate of drug-likeness (QED) is 0.669. The Morgan fingerprint density at radius 2 is 2.19 bits per heavy atom. The van der Waals surface area contributed by atoms with Gasteiger partial charge in [0.2, 0.25) is 5.91 Å². The highest BCUT2D eigenvalue weighted by atomic mass is 19.1. The minimum absolute atomic E-state index is 0.159. The summed E-state index contributed by atoms with van der Waals surface area (Å²) in [7, 11) is 0. The molecule has 1 aliphatic heterocycles. The van der Waals surface area contributed by atoms with Gasteiger partial charge in [0.15, 0.2) is 0 Å². The highest BCUT2D eigenvalue weighted by molar-refractivity contribution is 5.92. The molecule has 1 atom stereocenters. The van der Waals surface area contributed by atoms with Crippen LogP contribution in [-0.4, -0.2) is 28.9 Å². The van der Waals surface area contributed by atoms with Crippen molar-refractivity contribution in [3.63, 3.8) is 0 Å². The van der Waals surface area contributed by atoms with E-state index in [0.29, 0.717) is 31.7 Å². The second kappa shape index (κ2) is 7.47. The molecular weight excluding hydrogens is 339 g/mol. The number of nitrogens with one attached hydrogen (secondary N) is 1. The van der Waals surface area contributed by atoms with Crippen LogP contribution in [0.25, 0.3) is 0 Å². The van der Waals surface area contributed by atoms with E-state index in [0.717, 1.165) is 23.9 Å². The van der Waals surface area contributed by atoms with E-state index in [9.17, 15) is 19.3 Å². The monoisotopic (exact) mass is 358 g/mol. The van der Waals surface area contributed by atoms with Gasteiger partial charge >= 0.3 is 0 Å². The first kappa shape index (κ1) is 17.8. The lowest BCUT2D eigenvalue weighted by atomic mass is 9.96. The first-order valence-electron chi connectivity index (χ1n) is 8.37. The van der Waals surface area contributed by atoms with Crippen LogP contribution in [0.4, 0.5) is 21.6 Å². The summed E-state index contributed by atoms with van der Waals surface area (Å²) in [5.41, 5.74) is 0.845. The lowest BCUT2D eigenvalue weighted by Gasteiger charge is -2.33. The van der Waals surface area contributed by atoms with Crippen molar-refractivity contribution < 1.29 is 14.1 Å². The summed E-state index contributed by atoms with van der Waals surface area (Å²) < 4.78 is 13.6. The number of piperidine rings is 1. The van der Waals surface area contributed by atoms with E-state index >= 15 is 0 Å². The summed E-state index contributed by atoms with van der Waals surface area (Å²) in [5, 5.41) is 14.0. The molecule has 1 N–H and O–H groups in total. The van der Waals surface area contributed by atoms with E-state index < -0.39 is 10.7 Å². The van der Waals surface area contributed by atoms with E-state index in [4.69, 9.17) is 0 Å². The molecular formula is C18H19FN4O3. The van der Waals surface area contributed by atoms with Crippen LogP contribution in [0.3, 0.4) is 0 Å². The first-order chi connectivity index (χ1) is 12.4. The van der Waals surface area contributed by atoms with E-state index in [-0.39, 0.29) is 23.2 Å². The molecule has 7 nitrogen and oxygen atoms in total. The predicted molar refractivity (Wildman–Crippen MR) is 95.6 cm³/mol. The van der Waals surface area contributed by atoms with Gasteiger partial charge in [-0.2, -0.15) is 0 Å². The number of halogens is 1. The summed E-state index contributed by atoms with van der Waals surface area (Å²) in [5.74, 6) is -0.606. The van der Waals surface area contributed by atoms with Crippen molar-refractivity contribution in [3.8, 4) is 0 Å². The van der Waals surface area contributed by atoms with Gasteiger partial charge in [0.25, 0.3) is 5.69 Å². The number of carbonyl (C=O) groups is 1. The molecule has 0 saturated carbocycles. The fourth-order valence-electron chi connectivity index (χ4n) is 3.16. The average Bonchev–Trinajstić information content (AvgIpc) is 2.61. The van der Waals surface area contributed by atoms with Crippen LogP contribution in [0.2, 0.25) is 0 Å². The van der Waals surface area contributed by atoms with Crippen molar-refractivity contribution in [3.05, 3.63) is 58.0 Å². The van der Waals surface area contributed by atoms with Gasteiger partial charge < -0.3 is 10.2 Å². The van der Waals surface area contributed by atoms with Crippen molar-refractivity contribution in [1.29, 1.82) is 0 Å². The van der Waals surface area contributed by atoms with E-state index in [1.165, 1.54) is 0 Å². The Kier molecular flexibility index (Phi) is 5.11. The number of amides is 1. The maximum Gasteiger partial charge on any atom is 0.292 e. The largest absolute Gasteiger partial charge is 0.365 e. The van der Waals surface area contributed by atoms with Crippen LogP contribution in [-0.2, 0) is 4.79 Å². The van der Waals surface area contributed by atoms with Gasteiger partial charge in [-0.25, -0.2) is 9.37 Å². The number of pyridine rings is 1. The van der Waals surface area contributed by atoms with Gasteiger partial charge in [-0.05, 0) is 38.0 Å². The number of benzene rings is 1. The molecule has 136 valence electrons. The van der Waals surface area contributed by atoms with Crippen LogP contribution >= 0.6 is 0 Å². The number of nitro groups is 1. The number of aromatic nitrogens is 1. The first-order valence-corrected chi connectivity index (χ1v) is 8.37. The van der Waals surface area contributed by atoms with Crippen LogP contribution in [0.15, 0.2) is 36.4 Å².